The predicted octanol–water partition coefficient (Wildman–Crippen LogP) is 2.96. The monoisotopic (exact) mass is 281 g/mol. The Morgan fingerprint density at radius 1 is 1.32 bits per heavy atom. The van der Waals surface area contributed by atoms with Gasteiger partial charge in [0.15, 0.2) is 0 Å². The maximum Gasteiger partial charge on any atom is 0.322 e. The van der Waals surface area contributed by atoms with Crippen LogP contribution < -0.4 is 5.32 Å². The molecule has 1 aromatic rings. The fraction of sp³-hybridized carbons (Fsp3) is 0.533. The highest BCUT2D eigenvalue weighted by atomic mass is 32.2. The van der Waals surface area contributed by atoms with Crippen molar-refractivity contribution in [1.82, 2.24) is 5.32 Å². The number of carbonyl (C=O) groups excluding carboxylic acids is 1. The Labute approximate surface area is 120 Å². The number of hydrogen-bond acceptors (Lipinski definition) is 4. The molecule has 0 aliphatic heterocycles. The minimum absolute atomic E-state index is 0.168. The summed E-state index contributed by atoms with van der Waals surface area (Å²) in [6, 6.07) is 10.1. The number of carbonyl (C=O) groups is 1. The topological polar surface area (TPSA) is 38.3 Å². The molecule has 1 atom stereocenters. The molecule has 0 saturated heterocycles. The molecule has 0 aliphatic rings. The van der Waals surface area contributed by atoms with Gasteiger partial charge in [0.05, 0.1) is 7.11 Å². The third-order valence-corrected chi connectivity index (χ3v) is 3.71. The van der Waals surface area contributed by atoms with Crippen molar-refractivity contribution in [3.63, 3.8) is 0 Å². The van der Waals surface area contributed by atoms with E-state index in [9.17, 15) is 4.79 Å². The molecule has 0 fully saturated rings. The van der Waals surface area contributed by atoms with Gasteiger partial charge in [-0.05, 0) is 24.5 Å². The maximum atomic E-state index is 11.6. The van der Waals surface area contributed by atoms with Gasteiger partial charge in [0.1, 0.15) is 6.04 Å². The van der Waals surface area contributed by atoms with Gasteiger partial charge in [-0.2, -0.15) is 0 Å². The number of thioether (sulfide) groups is 1. The van der Waals surface area contributed by atoms with Crippen molar-refractivity contribution < 1.29 is 9.53 Å². The van der Waals surface area contributed by atoms with Crippen LogP contribution >= 0.6 is 11.8 Å². The van der Waals surface area contributed by atoms with E-state index in [0.717, 1.165) is 18.7 Å². The molecular formula is C15H23NO2S. The Morgan fingerprint density at radius 3 is 2.58 bits per heavy atom. The summed E-state index contributed by atoms with van der Waals surface area (Å²) >= 11 is 1.79. The van der Waals surface area contributed by atoms with Crippen LogP contribution in [0.2, 0.25) is 0 Å². The number of methoxy groups -OCH3 is 1. The summed E-state index contributed by atoms with van der Waals surface area (Å²) in [7, 11) is 1.44. The lowest BCUT2D eigenvalue weighted by Gasteiger charge is -2.18. The number of esters is 1. The third-order valence-electron chi connectivity index (χ3n) is 2.70. The van der Waals surface area contributed by atoms with Gasteiger partial charge >= 0.3 is 5.97 Å². The van der Waals surface area contributed by atoms with Crippen LogP contribution in [0.5, 0.6) is 0 Å². The lowest BCUT2D eigenvalue weighted by molar-refractivity contribution is -0.143. The van der Waals surface area contributed by atoms with Crippen LogP contribution in [0.3, 0.4) is 0 Å². The van der Waals surface area contributed by atoms with Gasteiger partial charge in [-0.15, -0.1) is 11.8 Å². The average molecular weight is 281 g/mol. The zero-order chi connectivity index (χ0) is 14.1. The average Bonchev–Trinajstić information content (AvgIpc) is 2.42. The quantitative estimate of drug-likeness (QED) is 0.452. The fourth-order valence-corrected chi connectivity index (χ4v) is 2.60. The van der Waals surface area contributed by atoms with Gasteiger partial charge in [0, 0.05) is 17.2 Å². The zero-order valence-electron chi connectivity index (χ0n) is 11.9. The van der Waals surface area contributed by atoms with Crippen molar-refractivity contribution in [3.05, 3.63) is 30.3 Å². The Balaban J connectivity index is 2.30. The van der Waals surface area contributed by atoms with Crippen LogP contribution in [0, 0.1) is 5.92 Å². The molecule has 3 nitrogen and oxygen atoms in total. The van der Waals surface area contributed by atoms with Gasteiger partial charge in [-0.25, -0.2) is 0 Å². The molecule has 19 heavy (non-hydrogen) atoms. The van der Waals surface area contributed by atoms with E-state index in [4.69, 9.17) is 4.74 Å². The maximum absolute atomic E-state index is 11.6. The van der Waals surface area contributed by atoms with Crippen LogP contribution in [-0.4, -0.2) is 31.4 Å². The largest absolute Gasteiger partial charge is 0.468 e. The highest BCUT2D eigenvalue weighted by Crippen LogP contribution is 2.16. The first kappa shape index (κ1) is 16.1. The van der Waals surface area contributed by atoms with E-state index in [0.29, 0.717) is 5.92 Å². The van der Waals surface area contributed by atoms with E-state index in [-0.39, 0.29) is 12.0 Å². The molecule has 0 aromatic heterocycles. The molecule has 0 aliphatic carbocycles. The first-order chi connectivity index (χ1) is 9.13. The van der Waals surface area contributed by atoms with E-state index < -0.39 is 0 Å². The third kappa shape index (κ3) is 6.64. The van der Waals surface area contributed by atoms with Crippen molar-refractivity contribution in [2.24, 2.45) is 5.92 Å². The zero-order valence-corrected chi connectivity index (χ0v) is 12.7. The summed E-state index contributed by atoms with van der Waals surface area (Å²) < 4.78 is 4.82. The predicted molar refractivity (Wildman–Crippen MR) is 80.4 cm³/mol. The lowest BCUT2D eigenvalue weighted by Crippen LogP contribution is -2.39. The second kappa shape index (κ2) is 8.99. The Bertz CT molecular complexity index is 368. The first-order valence-corrected chi connectivity index (χ1v) is 7.61. The van der Waals surface area contributed by atoms with Gasteiger partial charge in [-0.1, -0.05) is 32.0 Å². The molecule has 106 valence electrons. The van der Waals surface area contributed by atoms with Crippen LogP contribution in [0.1, 0.15) is 20.3 Å². The Morgan fingerprint density at radius 2 is 2.00 bits per heavy atom. The standard InChI is InChI=1S/C15H23NO2S/c1-12(2)11-14(15(17)18-3)16-9-10-19-13-7-5-4-6-8-13/h4-8,12,14,16H,9-11H2,1-3H3. The second-order valence-electron chi connectivity index (χ2n) is 4.82. The second-order valence-corrected chi connectivity index (χ2v) is 5.99. The summed E-state index contributed by atoms with van der Waals surface area (Å²) in [6.45, 7) is 5.01. The molecule has 0 bridgehead atoms. The molecule has 1 aromatic carbocycles. The number of benzene rings is 1. The summed E-state index contributed by atoms with van der Waals surface area (Å²) in [4.78, 5) is 12.9. The van der Waals surface area contributed by atoms with Crippen molar-refractivity contribution in [1.29, 1.82) is 0 Å². The number of ether oxygens (including phenoxy) is 1. The molecule has 1 rings (SSSR count). The highest BCUT2D eigenvalue weighted by molar-refractivity contribution is 7.99. The molecule has 0 spiro atoms. The highest BCUT2D eigenvalue weighted by Gasteiger charge is 2.19. The molecular weight excluding hydrogens is 258 g/mol. The minimum Gasteiger partial charge on any atom is -0.468 e. The summed E-state index contributed by atoms with van der Waals surface area (Å²) in [5.74, 6) is 1.24. The van der Waals surface area contributed by atoms with E-state index in [1.54, 1.807) is 11.8 Å². The SMILES string of the molecule is COC(=O)C(CC(C)C)NCCSc1ccccc1. The smallest absolute Gasteiger partial charge is 0.322 e. The van der Waals surface area contributed by atoms with E-state index in [1.165, 1.54) is 12.0 Å². The summed E-state index contributed by atoms with van der Waals surface area (Å²) in [5.41, 5.74) is 0. The van der Waals surface area contributed by atoms with Crippen molar-refractivity contribution in [2.45, 2.75) is 31.2 Å². The Hall–Kier alpha value is -1.00. The van der Waals surface area contributed by atoms with Gasteiger partial charge in [0.2, 0.25) is 0 Å². The van der Waals surface area contributed by atoms with Crippen molar-refractivity contribution in [3.8, 4) is 0 Å². The van der Waals surface area contributed by atoms with Crippen LogP contribution in [0.15, 0.2) is 35.2 Å². The Kier molecular flexibility index (Phi) is 7.60. The molecule has 0 radical (unpaired) electrons. The minimum atomic E-state index is -0.193. The normalized spacial score (nSPS) is 12.4. The fourth-order valence-electron chi connectivity index (χ4n) is 1.80. The molecule has 0 heterocycles. The molecule has 1 unspecified atom stereocenters. The van der Waals surface area contributed by atoms with Crippen LogP contribution in [0.25, 0.3) is 0 Å². The first-order valence-electron chi connectivity index (χ1n) is 6.62. The van der Waals surface area contributed by atoms with Crippen LogP contribution in [-0.2, 0) is 9.53 Å². The van der Waals surface area contributed by atoms with Crippen LogP contribution in [0.4, 0.5) is 0 Å². The lowest BCUT2D eigenvalue weighted by atomic mass is 10.0. The summed E-state index contributed by atoms with van der Waals surface area (Å²) in [6.07, 6.45) is 0.808. The van der Waals surface area contributed by atoms with Gasteiger partial charge in [0.25, 0.3) is 0 Å². The number of hydrogen-bond donors (Lipinski definition) is 1. The number of nitrogens with one attached hydrogen (secondary N) is 1. The summed E-state index contributed by atoms with van der Waals surface area (Å²) in [5, 5.41) is 3.28. The molecule has 0 amide bonds. The van der Waals surface area contributed by atoms with E-state index in [1.807, 2.05) is 18.2 Å². The van der Waals surface area contributed by atoms with Gasteiger partial charge in [-0.3, -0.25) is 4.79 Å². The molecule has 4 heteroatoms. The van der Waals surface area contributed by atoms with Crippen molar-refractivity contribution >= 4 is 17.7 Å². The number of rotatable bonds is 8. The molecule has 0 saturated carbocycles. The molecule has 1 N–H and O–H groups in total. The van der Waals surface area contributed by atoms with E-state index >= 15 is 0 Å². The van der Waals surface area contributed by atoms with Gasteiger partial charge < -0.3 is 10.1 Å². The van der Waals surface area contributed by atoms with Crippen molar-refractivity contribution in [2.75, 3.05) is 19.4 Å². The van der Waals surface area contributed by atoms with E-state index in [2.05, 4.69) is 31.3 Å².